The number of aromatic amines is 1. The molecule has 2 aliphatic heterocycles. The molecule has 12 nitrogen and oxygen atoms in total. The Kier molecular flexibility index (Phi) is 11.5. The van der Waals surface area contributed by atoms with E-state index in [0.717, 1.165) is 90.8 Å². The molecule has 0 saturated carbocycles. The van der Waals surface area contributed by atoms with Gasteiger partial charge in [-0.3, -0.25) is 4.79 Å². The predicted octanol–water partition coefficient (Wildman–Crippen LogP) is 4.45. The number of H-pyrrole nitrogens is 1. The average Bonchev–Trinajstić information content (AvgIpc) is 3.78. The van der Waals surface area contributed by atoms with E-state index in [-0.39, 0.29) is 30.0 Å². The van der Waals surface area contributed by atoms with E-state index in [0.29, 0.717) is 36.0 Å². The smallest absolute Gasteiger partial charge is 0.337 e. The summed E-state index contributed by atoms with van der Waals surface area (Å²) in [5.41, 5.74) is 3.13. The molecular weight excluding hydrogens is 641 g/mol. The van der Waals surface area contributed by atoms with Crippen molar-refractivity contribution in [3.8, 4) is 0 Å². The molecule has 0 bridgehead atoms. The van der Waals surface area contributed by atoms with Gasteiger partial charge in [-0.1, -0.05) is 42.8 Å². The van der Waals surface area contributed by atoms with E-state index < -0.39 is 0 Å². The van der Waals surface area contributed by atoms with Crippen molar-refractivity contribution in [2.75, 3.05) is 51.4 Å². The van der Waals surface area contributed by atoms with Gasteiger partial charge >= 0.3 is 12.0 Å². The van der Waals surface area contributed by atoms with Crippen molar-refractivity contribution in [3.05, 3.63) is 65.5 Å². The van der Waals surface area contributed by atoms with Gasteiger partial charge in [0, 0.05) is 47.8 Å². The van der Waals surface area contributed by atoms with Crippen LogP contribution in [0.3, 0.4) is 0 Å². The van der Waals surface area contributed by atoms with Crippen LogP contribution < -0.4 is 21.3 Å². The zero-order valence-corrected chi connectivity index (χ0v) is 29.0. The number of anilines is 1. The quantitative estimate of drug-likeness (QED) is 0.0616. The lowest BCUT2D eigenvalue weighted by Crippen LogP contribution is -2.36. The fraction of sp³-hybridized carbons (Fsp3) is 0.472. The van der Waals surface area contributed by atoms with Crippen LogP contribution in [0.4, 0.5) is 10.6 Å². The van der Waals surface area contributed by atoms with E-state index in [9.17, 15) is 14.4 Å². The number of amides is 3. The van der Waals surface area contributed by atoms with E-state index in [4.69, 9.17) is 14.7 Å². The fourth-order valence-electron chi connectivity index (χ4n) is 6.68. The molecule has 2 aromatic carbocycles. The van der Waals surface area contributed by atoms with Gasteiger partial charge in [0.1, 0.15) is 17.3 Å². The van der Waals surface area contributed by atoms with Crippen LogP contribution in [0, 0.1) is 0 Å². The van der Waals surface area contributed by atoms with Crippen LogP contribution in [0.2, 0.25) is 0 Å². The Morgan fingerprint density at radius 2 is 1.84 bits per heavy atom. The van der Waals surface area contributed by atoms with Crippen molar-refractivity contribution >= 4 is 57.4 Å². The highest BCUT2D eigenvalue weighted by Gasteiger charge is 2.42. The second-order valence-corrected chi connectivity index (χ2v) is 14.2. The molecule has 4 aromatic rings. The van der Waals surface area contributed by atoms with E-state index in [1.165, 1.54) is 7.11 Å². The summed E-state index contributed by atoms with van der Waals surface area (Å²) in [4.78, 5) is 51.5. The van der Waals surface area contributed by atoms with E-state index in [2.05, 4.69) is 50.3 Å². The Morgan fingerprint density at radius 1 is 1.02 bits per heavy atom. The number of nitrogens with one attached hydrogen (secondary N) is 5. The van der Waals surface area contributed by atoms with Crippen LogP contribution in [0.15, 0.2) is 48.5 Å². The van der Waals surface area contributed by atoms with Gasteiger partial charge in [-0.2, -0.15) is 11.8 Å². The van der Waals surface area contributed by atoms with Gasteiger partial charge in [-0.15, -0.1) is 0 Å². The summed E-state index contributed by atoms with van der Waals surface area (Å²) in [6.07, 6.45) is 5.84. The van der Waals surface area contributed by atoms with Crippen molar-refractivity contribution in [2.24, 2.45) is 0 Å². The van der Waals surface area contributed by atoms with Gasteiger partial charge in [0.05, 0.1) is 30.1 Å². The SMILES string of the molecule is COC(=O)c1ccc2c(c1)[nH]c1nc(Cc3ccccc3)nc(NCCCN(C)CCCNC(=O)CCCC[C@@H]3SC[C@@H]4NC(=O)N[C@@H]43)c12. The normalized spacial score (nSPS) is 18.4. The van der Waals surface area contributed by atoms with Crippen LogP contribution in [-0.4, -0.2) is 101 Å². The Bertz CT molecular complexity index is 1770. The third-order valence-corrected chi connectivity index (χ3v) is 10.8. The molecule has 6 rings (SSSR count). The lowest BCUT2D eigenvalue weighted by molar-refractivity contribution is -0.121. The number of fused-ring (bicyclic) bond motifs is 4. The van der Waals surface area contributed by atoms with Crippen LogP contribution >= 0.6 is 11.8 Å². The largest absolute Gasteiger partial charge is 0.465 e. The average molecular weight is 687 g/mol. The number of hydrogen-bond acceptors (Lipinski definition) is 9. The molecule has 2 saturated heterocycles. The molecule has 0 unspecified atom stereocenters. The summed E-state index contributed by atoms with van der Waals surface area (Å²) in [6, 6.07) is 16.1. The van der Waals surface area contributed by atoms with Crippen LogP contribution in [0.25, 0.3) is 21.9 Å². The van der Waals surface area contributed by atoms with Gasteiger partial charge in [0.2, 0.25) is 5.91 Å². The van der Waals surface area contributed by atoms with Crippen molar-refractivity contribution < 1.29 is 19.1 Å². The highest BCUT2D eigenvalue weighted by molar-refractivity contribution is 8.00. The molecule has 0 spiro atoms. The number of rotatable bonds is 17. The molecular formula is C36H46N8O4S. The molecule has 260 valence electrons. The zero-order valence-electron chi connectivity index (χ0n) is 28.2. The van der Waals surface area contributed by atoms with Crippen molar-refractivity contribution in [1.82, 2.24) is 35.8 Å². The monoisotopic (exact) mass is 686 g/mol. The first kappa shape index (κ1) is 34.5. The van der Waals surface area contributed by atoms with E-state index >= 15 is 0 Å². The number of benzene rings is 2. The maximum atomic E-state index is 12.4. The van der Waals surface area contributed by atoms with Crippen molar-refractivity contribution in [2.45, 2.75) is 62.3 Å². The number of nitrogens with zero attached hydrogens (tertiary/aromatic N) is 3. The van der Waals surface area contributed by atoms with Crippen molar-refractivity contribution in [3.63, 3.8) is 0 Å². The number of thioether (sulfide) groups is 1. The molecule has 2 fully saturated rings. The van der Waals surface area contributed by atoms with Gasteiger partial charge in [0.15, 0.2) is 0 Å². The Morgan fingerprint density at radius 3 is 2.65 bits per heavy atom. The Balaban J connectivity index is 0.938. The minimum absolute atomic E-state index is 0.0525. The molecule has 2 aromatic heterocycles. The second-order valence-electron chi connectivity index (χ2n) is 12.9. The summed E-state index contributed by atoms with van der Waals surface area (Å²) < 4.78 is 4.91. The summed E-state index contributed by atoms with van der Waals surface area (Å²) >= 11 is 1.92. The molecule has 5 N–H and O–H groups in total. The van der Waals surface area contributed by atoms with Crippen molar-refractivity contribution in [1.29, 1.82) is 0 Å². The minimum Gasteiger partial charge on any atom is -0.465 e. The van der Waals surface area contributed by atoms with Crippen LogP contribution in [-0.2, 0) is 16.0 Å². The fourth-order valence-corrected chi connectivity index (χ4v) is 8.23. The molecule has 0 aliphatic carbocycles. The zero-order chi connectivity index (χ0) is 34.2. The summed E-state index contributed by atoms with van der Waals surface area (Å²) in [7, 11) is 3.48. The predicted molar refractivity (Wildman–Crippen MR) is 194 cm³/mol. The number of carbonyl (C=O) groups excluding carboxylic acids is 3. The van der Waals surface area contributed by atoms with E-state index in [1.807, 2.05) is 36.0 Å². The molecule has 3 atom stereocenters. The summed E-state index contributed by atoms with van der Waals surface area (Å²) in [5.74, 6) is 2.17. The van der Waals surface area contributed by atoms with Gasteiger partial charge in [-0.25, -0.2) is 19.6 Å². The first-order valence-corrected chi connectivity index (χ1v) is 18.2. The summed E-state index contributed by atoms with van der Waals surface area (Å²) in [6.45, 7) is 3.20. The Labute approximate surface area is 290 Å². The Hall–Kier alpha value is -4.36. The van der Waals surface area contributed by atoms with Crippen LogP contribution in [0.5, 0.6) is 0 Å². The first-order chi connectivity index (χ1) is 23.9. The standard InChI is InChI=1S/C36H46N8O4S/c1-44(18-8-16-37-30(45)13-7-6-12-28-32-27(22-49-28)40-36(47)43-32)19-9-17-38-33-31-25-15-14-24(35(46)48-2)21-26(25)39-34(31)42-29(41-33)20-23-10-4-3-5-11-23/h3-5,10-11,14-15,21,27-28,32H,6-9,12-13,16-20,22H2,1-2H3,(H,37,45)(H2,40,43,47)(H2,38,39,41,42)/t27-,28-,32-/m0/s1. The number of esters is 1. The number of urea groups is 1. The van der Waals surface area contributed by atoms with Gasteiger partial charge in [-0.05, 0) is 63.5 Å². The molecule has 13 heteroatoms. The molecule has 0 radical (unpaired) electrons. The maximum absolute atomic E-state index is 12.4. The maximum Gasteiger partial charge on any atom is 0.337 e. The molecule has 4 heterocycles. The van der Waals surface area contributed by atoms with Crippen LogP contribution in [0.1, 0.15) is 60.3 Å². The lowest BCUT2D eigenvalue weighted by atomic mass is 10.0. The lowest BCUT2D eigenvalue weighted by Gasteiger charge is -2.17. The number of methoxy groups -OCH3 is 1. The third kappa shape index (κ3) is 8.82. The molecule has 2 aliphatic rings. The second kappa shape index (κ2) is 16.4. The number of unbranched alkanes of at least 4 members (excludes halogenated alkanes) is 1. The van der Waals surface area contributed by atoms with E-state index in [1.54, 1.807) is 12.1 Å². The topological polar surface area (TPSA) is 153 Å². The van der Waals surface area contributed by atoms with Gasteiger partial charge < -0.3 is 35.9 Å². The number of hydrogen-bond donors (Lipinski definition) is 5. The molecule has 3 amide bonds. The first-order valence-electron chi connectivity index (χ1n) is 17.2. The van der Waals surface area contributed by atoms with Gasteiger partial charge in [0.25, 0.3) is 0 Å². The third-order valence-electron chi connectivity index (χ3n) is 9.25. The minimum atomic E-state index is -0.385. The number of aromatic nitrogens is 3. The number of carbonyl (C=O) groups is 3. The highest BCUT2D eigenvalue weighted by atomic mass is 32.2. The summed E-state index contributed by atoms with van der Waals surface area (Å²) in [5, 5.41) is 14.9. The highest BCUT2D eigenvalue weighted by Crippen LogP contribution is 2.33. The molecule has 49 heavy (non-hydrogen) atoms. The number of ether oxygens (including phenoxy) is 1.